The maximum atomic E-state index is 13.2. The van der Waals surface area contributed by atoms with Crippen LogP contribution in [0, 0.1) is 5.82 Å². The number of aromatic nitrogens is 2. The van der Waals surface area contributed by atoms with Crippen molar-refractivity contribution in [2.75, 3.05) is 7.05 Å². The van der Waals surface area contributed by atoms with Gasteiger partial charge in [0, 0.05) is 24.1 Å². The van der Waals surface area contributed by atoms with E-state index in [-0.39, 0.29) is 11.7 Å². The van der Waals surface area contributed by atoms with Gasteiger partial charge in [-0.1, -0.05) is 6.07 Å². The molecular weight excluding hydrogens is 277 g/mol. The standard InChI is InChI=1S/C14H12FN3OS/c1-18(8-13-16-4-5-17-13)14(19)12-6-9-2-3-10(15)7-11(9)20-12/h2-7H,8H2,1H3,(H,16,17). The van der Waals surface area contributed by atoms with Gasteiger partial charge < -0.3 is 9.88 Å². The van der Waals surface area contributed by atoms with Crippen LogP contribution < -0.4 is 0 Å². The van der Waals surface area contributed by atoms with Gasteiger partial charge in [-0.15, -0.1) is 11.3 Å². The Morgan fingerprint density at radius 1 is 1.45 bits per heavy atom. The highest BCUT2D eigenvalue weighted by Gasteiger charge is 2.16. The fourth-order valence-corrected chi connectivity index (χ4v) is 3.06. The van der Waals surface area contributed by atoms with E-state index in [0.717, 1.165) is 15.9 Å². The number of thiophene rings is 1. The smallest absolute Gasteiger partial charge is 0.264 e. The zero-order valence-corrected chi connectivity index (χ0v) is 11.6. The van der Waals surface area contributed by atoms with Crippen molar-refractivity contribution in [1.29, 1.82) is 0 Å². The molecule has 0 aliphatic heterocycles. The Morgan fingerprint density at radius 2 is 2.30 bits per heavy atom. The minimum Gasteiger partial charge on any atom is -0.347 e. The highest BCUT2D eigenvalue weighted by molar-refractivity contribution is 7.20. The first kappa shape index (κ1) is 12.8. The van der Waals surface area contributed by atoms with Gasteiger partial charge in [0.2, 0.25) is 0 Å². The lowest BCUT2D eigenvalue weighted by Gasteiger charge is -2.14. The summed E-state index contributed by atoms with van der Waals surface area (Å²) in [4.78, 5) is 21.6. The predicted octanol–water partition coefficient (Wildman–Crippen LogP) is 3.04. The maximum absolute atomic E-state index is 13.2. The van der Waals surface area contributed by atoms with Crippen LogP contribution in [0.1, 0.15) is 15.5 Å². The van der Waals surface area contributed by atoms with Crippen molar-refractivity contribution in [2.45, 2.75) is 6.54 Å². The SMILES string of the molecule is CN(Cc1ncc[nH]1)C(=O)c1cc2ccc(F)cc2s1. The predicted molar refractivity (Wildman–Crippen MR) is 76.2 cm³/mol. The van der Waals surface area contributed by atoms with Crippen LogP contribution in [-0.4, -0.2) is 27.8 Å². The number of fused-ring (bicyclic) bond motifs is 1. The fourth-order valence-electron chi connectivity index (χ4n) is 1.98. The molecule has 2 aromatic heterocycles. The number of imidazole rings is 1. The molecule has 0 bridgehead atoms. The highest BCUT2D eigenvalue weighted by atomic mass is 32.1. The van der Waals surface area contributed by atoms with Gasteiger partial charge in [0.05, 0.1) is 11.4 Å². The molecule has 6 heteroatoms. The van der Waals surface area contributed by atoms with Gasteiger partial charge in [-0.3, -0.25) is 4.79 Å². The number of carbonyl (C=O) groups excluding carboxylic acids is 1. The molecule has 1 aromatic carbocycles. The van der Waals surface area contributed by atoms with Crippen molar-refractivity contribution in [3.8, 4) is 0 Å². The second kappa shape index (κ2) is 5.05. The summed E-state index contributed by atoms with van der Waals surface area (Å²) in [5.41, 5.74) is 0. The minimum atomic E-state index is -0.290. The lowest BCUT2D eigenvalue weighted by Crippen LogP contribution is -2.25. The summed E-state index contributed by atoms with van der Waals surface area (Å²) in [5, 5.41) is 0.881. The zero-order valence-electron chi connectivity index (χ0n) is 10.8. The summed E-state index contributed by atoms with van der Waals surface area (Å²) < 4.78 is 13.9. The van der Waals surface area contributed by atoms with Crippen LogP contribution in [0.15, 0.2) is 36.7 Å². The van der Waals surface area contributed by atoms with Gasteiger partial charge in [0.1, 0.15) is 11.6 Å². The number of carbonyl (C=O) groups is 1. The largest absolute Gasteiger partial charge is 0.347 e. The summed E-state index contributed by atoms with van der Waals surface area (Å²) in [5.74, 6) is 0.346. The molecule has 102 valence electrons. The molecule has 1 N–H and O–H groups in total. The molecular formula is C14H12FN3OS. The summed E-state index contributed by atoms with van der Waals surface area (Å²) in [7, 11) is 1.72. The number of rotatable bonds is 3. The monoisotopic (exact) mass is 289 g/mol. The van der Waals surface area contributed by atoms with Crippen molar-refractivity contribution in [3.05, 3.63) is 53.2 Å². The van der Waals surface area contributed by atoms with Crippen molar-refractivity contribution in [2.24, 2.45) is 0 Å². The molecule has 2 heterocycles. The average Bonchev–Trinajstić information content (AvgIpc) is 3.06. The first-order valence-corrected chi connectivity index (χ1v) is 6.88. The van der Waals surface area contributed by atoms with E-state index < -0.39 is 0 Å². The average molecular weight is 289 g/mol. The quantitative estimate of drug-likeness (QED) is 0.805. The van der Waals surface area contributed by atoms with Gasteiger partial charge in [-0.05, 0) is 23.6 Å². The summed E-state index contributed by atoms with van der Waals surface area (Å²) in [6.45, 7) is 0.411. The van der Waals surface area contributed by atoms with Gasteiger partial charge in [-0.2, -0.15) is 0 Å². The Hall–Kier alpha value is -2.21. The maximum Gasteiger partial charge on any atom is 0.264 e. The third-order valence-electron chi connectivity index (χ3n) is 2.98. The molecule has 3 aromatic rings. The Labute approximate surface area is 118 Å². The van der Waals surface area contributed by atoms with E-state index in [1.54, 1.807) is 36.5 Å². The summed E-state index contributed by atoms with van der Waals surface area (Å²) >= 11 is 1.30. The lowest BCUT2D eigenvalue weighted by molar-refractivity contribution is 0.0786. The highest BCUT2D eigenvalue weighted by Crippen LogP contribution is 2.27. The van der Waals surface area contributed by atoms with Crippen molar-refractivity contribution in [3.63, 3.8) is 0 Å². The van der Waals surface area contributed by atoms with Gasteiger partial charge in [0.25, 0.3) is 5.91 Å². The van der Waals surface area contributed by atoms with Gasteiger partial charge in [-0.25, -0.2) is 9.37 Å². The third kappa shape index (κ3) is 2.42. The number of aromatic amines is 1. The first-order valence-electron chi connectivity index (χ1n) is 6.06. The van der Waals surface area contributed by atoms with Crippen molar-refractivity contribution in [1.82, 2.24) is 14.9 Å². The van der Waals surface area contributed by atoms with Crippen molar-refractivity contribution >= 4 is 27.3 Å². The number of amides is 1. The zero-order chi connectivity index (χ0) is 14.1. The minimum absolute atomic E-state index is 0.0944. The van der Waals surface area contributed by atoms with Crippen LogP contribution in [0.2, 0.25) is 0 Å². The molecule has 0 aliphatic rings. The summed E-state index contributed by atoms with van der Waals surface area (Å²) in [6.07, 6.45) is 3.37. The molecule has 0 spiro atoms. The number of hydrogen-bond acceptors (Lipinski definition) is 3. The van der Waals surface area contributed by atoms with Crippen LogP contribution in [0.3, 0.4) is 0 Å². The number of halogens is 1. The second-order valence-electron chi connectivity index (χ2n) is 4.49. The molecule has 0 atom stereocenters. The molecule has 0 saturated heterocycles. The Bertz CT molecular complexity index is 751. The van der Waals surface area contributed by atoms with E-state index in [0.29, 0.717) is 11.4 Å². The van der Waals surface area contributed by atoms with Crippen LogP contribution in [0.5, 0.6) is 0 Å². The Morgan fingerprint density at radius 3 is 3.05 bits per heavy atom. The van der Waals surface area contributed by atoms with Crippen LogP contribution in [-0.2, 0) is 6.54 Å². The van der Waals surface area contributed by atoms with Gasteiger partial charge in [0.15, 0.2) is 0 Å². The molecule has 1 amide bonds. The topological polar surface area (TPSA) is 49.0 Å². The van der Waals surface area contributed by atoms with Crippen LogP contribution >= 0.6 is 11.3 Å². The van der Waals surface area contributed by atoms with Gasteiger partial charge >= 0.3 is 0 Å². The number of benzene rings is 1. The first-order chi connectivity index (χ1) is 9.63. The van der Waals surface area contributed by atoms with E-state index in [1.165, 1.54) is 23.5 Å². The van der Waals surface area contributed by atoms with Crippen molar-refractivity contribution < 1.29 is 9.18 Å². The molecule has 4 nitrogen and oxygen atoms in total. The normalized spacial score (nSPS) is 10.9. The van der Waals surface area contributed by atoms with E-state index in [2.05, 4.69) is 9.97 Å². The number of H-pyrrole nitrogens is 1. The second-order valence-corrected chi connectivity index (χ2v) is 5.57. The van der Waals surface area contributed by atoms with E-state index in [9.17, 15) is 9.18 Å². The molecule has 0 aliphatic carbocycles. The van der Waals surface area contributed by atoms with Crippen LogP contribution in [0.25, 0.3) is 10.1 Å². The number of nitrogens with zero attached hydrogens (tertiary/aromatic N) is 2. The molecule has 0 unspecified atom stereocenters. The Balaban J connectivity index is 1.84. The molecule has 0 fully saturated rings. The molecule has 3 rings (SSSR count). The molecule has 0 saturated carbocycles. The Kier molecular flexibility index (Phi) is 3.23. The number of hydrogen-bond donors (Lipinski definition) is 1. The van der Waals surface area contributed by atoms with E-state index >= 15 is 0 Å². The number of nitrogens with one attached hydrogen (secondary N) is 1. The molecule has 20 heavy (non-hydrogen) atoms. The summed E-state index contributed by atoms with van der Waals surface area (Å²) in [6, 6.07) is 6.32. The molecule has 0 radical (unpaired) electrons. The van der Waals surface area contributed by atoms with E-state index in [4.69, 9.17) is 0 Å². The third-order valence-corrected chi connectivity index (χ3v) is 4.07. The van der Waals surface area contributed by atoms with E-state index in [1.807, 2.05) is 0 Å². The fraction of sp³-hybridized carbons (Fsp3) is 0.143. The van der Waals surface area contributed by atoms with Crippen LogP contribution in [0.4, 0.5) is 4.39 Å². The lowest BCUT2D eigenvalue weighted by atomic mass is 10.2.